The molecule has 0 saturated heterocycles. The Morgan fingerprint density at radius 3 is 2.27 bits per heavy atom. The molecular formula is C6H13ClO3Si. The van der Waals surface area contributed by atoms with Crippen molar-refractivity contribution in [2.24, 2.45) is 0 Å². The lowest BCUT2D eigenvalue weighted by Gasteiger charge is -2.23. The summed E-state index contributed by atoms with van der Waals surface area (Å²) in [4.78, 5) is 0. The number of hydrogen-bond donors (Lipinski definition) is 0. The molecule has 0 rings (SSSR count). The molecule has 3 nitrogen and oxygen atoms in total. The Kier molecular flexibility index (Phi) is 5.80. The van der Waals surface area contributed by atoms with Crippen molar-refractivity contribution in [2.75, 3.05) is 20.3 Å². The highest BCUT2D eigenvalue weighted by molar-refractivity contribution is 6.61. The maximum absolute atomic E-state index is 5.40. The van der Waals surface area contributed by atoms with Crippen LogP contribution in [0.25, 0.3) is 0 Å². The highest BCUT2D eigenvalue weighted by Gasteiger charge is 2.37. The summed E-state index contributed by atoms with van der Waals surface area (Å²) >= 11 is 5.40. The molecule has 0 amide bonds. The maximum Gasteiger partial charge on any atom is 0.505 e. The van der Waals surface area contributed by atoms with Crippen LogP contribution < -0.4 is 0 Å². The molecule has 0 atom stereocenters. The summed E-state index contributed by atoms with van der Waals surface area (Å²) in [7, 11) is 0.601. The van der Waals surface area contributed by atoms with Crippen LogP contribution in [0.1, 0.15) is 0 Å². The Hall–Kier alpha value is 0.127. The standard InChI is InChI=1S/C6H13ClO3Si/c1-4-5-11(8-2,9-3)10-6-7/h4H,1,5-6H2,2-3H3. The van der Waals surface area contributed by atoms with E-state index in [9.17, 15) is 0 Å². The van der Waals surface area contributed by atoms with Crippen LogP contribution >= 0.6 is 11.6 Å². The zero-order valence-corrected chi connectivity index (χ0v) is 8.56. The fourth-order valence-corrected chi connectivity index (χ4v) is 2.56. The Labute approximate surface area is 73.3 Å². The topological polar surface area (TPSA) is 27.7 Å². The van der Waals surface area contributed by atoms with Gasteiger partial charge in [-0.1, -0.05) is 17.7 Å². The van der Waals surface area contributed by atoms with Gasteiger partial charge < -0.3 is 13.3 Å². The maximum atomic E-state index is 5.40. The van der Waals surface area contributed by atoms with E-state index in [0.717, 1.165) is 0 Å². The first-order chi connectivity index (χ1) is 5.24. The van der Waals surface area contributed by atoms with Crippen LogP contribution in [0.5, 0.6) is 0 Å². The summed E-state index contributed by atoms with van der Waals surface area (Å²) < 4.78 is 15.4. The molecule has 0 N–H and O–H groups in total. The van der Waals surface area contributed by atoms with Crippen LogP contribution in [-0.2, 0) is 13.3 Å². The number of halogens is 1. The number of allylic oxidation sites excluding steroid dienone is 1. The molecule has 0 heterocycles. The van der Waals surface area contributed by atoms with Crippen molar-refractivity contribution >= 4 is 20.4 Å². The number of rotatable bonds is 6. The quantitative estimate of drug-likeness (QED) is 0.367. The lowest BCUT2D eigenvalue weighted by molar-refractivity contribution is 0.120. The van der Waals surface area contributed by atoms with E-state index in [1.54, 1.807) is 20.3 Å². The van der Waals surface area contributed by atoms with Gasteiger partial charge in [0.05, 0.1) is 0 Å². The van der Waals surface area contributed by atoms with Crippen LogP contribution in [0.3, 0.4) is 0 Å². The van der Waals surface area contributed by atoms with Crippen molar-refractivity contribution < 1.29 is 13.3 Å². The molecule has 0 fully saturated rings. The summed E-state index contributed by atoms with van der Waals surface area (Å²) in [6.45, 7) is 3.58. The van der Waals surface area contributed by atoms with Gasteiger partial charge in [-0.15, -0.1) is 6.58 Å². The molecule has 0 aromatic heterocycles. The van der Waals surface area contributed by atoms with Gasteiger partial charge >= 0.3 is 8.80 Å². The zero-order chi connectivity index (χ0) is 8.74. The van der Waals surface area contributed by atoms with Gasteiger partial charge in [0.1, 0.15) is 6.07 Å². The van der Waals surface area contributed by atoms with Crippen molar-refractivity contribution in [3.8, 4) is 0 Å². The van der Waals surface area contributed by atoms with Crippen LogP contribution in [0.15, 0.2) is 12.7 Å². The molecule has 0 aliphatic rings. The molecule has 0 spiro atoms. The number of hydrogen-bond acceptors (Lipinski definition) is 3. The highest BCUT2D eigenvalue weighted by Crippen LogP contribution is 2.13. The van der Waals surface area contributed by atoms with E-state index in [1.807, 2.05) is 0 Å². The molecule has 0 aliphatic heterocycles. The average molecular weight is 197 g/mol. The lowest BCUT2D eigenvalue weighted by Crippen LogP contribution is -2.42. The molecule has 0 aromatic carbocycles. The molecule has 5 heteroatoms. The van der Waals surface area contributed by atoms with Crippen molar-refractivity contribution in [1.82, 2.24) is 0 Å². The monoisotopic (exact) mass is 196 g/mol. The molecule has 0 aliphatic carbocycles. The van der Waals surface area contributed by atoms with Gasteiger partial charge in [0.2, 0.25) is 0 Å². The van der Waals surface area contributed by atoms with Crippen LogP contribution in [0, 0.1) is 0 Å². The van der Waals surface area contributed by atoms with Gasteiger partial charge in [-0.25, -0.2) is 0 Å². The van der Waals surface area contributed by atoms with E-state index < -0.39 is 8.80 Å². The second-order valence-electron chi connectivity index (χ2n) is 1.84. The van der Waals surface area contributed by atoms with Gasteiger partial charge in [-0.05, 0) is 0 Å². The lowest BCUT2D eigenvalue weighted by atomic mass is 10.8. The van der Waals surface area contributed by atoms with Crippen molar-refractivity contribution in [1.29, 1.82) is 0 Å². The molecule has 11 heavy (non-hydrogen) atoms. The second-order valence-corrected chi connectivity index (χ2v) is 4.94. The molecule has 0 unspecified atom stereocenters. The number of alkyl halides is 1. The zero-order valence-electron chi connectivity index (χ0n) is 6.80. The minimum atomic E-state index is -2.49. The Morgan fingerprint density at radius 1 is 1.45 bits per heavy atom. The summed E-state index contributed by atoms with van der Waals surface area (Å²) in [6, 6.07) is 0.661. The fourth-order valence-electron chi connectivity index (χ4n) is 0.687. The molecule has 0 radical (unpaired) electrons. The van der Waals surface area contributed by atoms with Crippen molar-refractivity contribution in [3.63, 3.8) is 0 Å². The van der Waals surface area contributed by atoms with Gasteiger partial charge in [0.15, 0.2) is 0 Å². The third kappa shape index (κ3) is 3.35. The predicted octanol–water partition coefficient (Wildman–Crippen LogP) is 1.62. The van der Waals surface area contributed by atoms with E-state index in [1.165, 1.54) is 0 Å². The van der Waals surface area contributed by atoms with Crippen LogP contribution in [-0.4, -0.2) is 29.1 Å². The predicted molar refractivity (Wildman–Crippen MR) is 46.6 cm³/mol. The van der Waals surface area contributed by atoms with Crippen molar-refractivity contribution in [2.45, 2.75) is 6.04 Å². The second kappa shape index (κ2) is 5.74. The van der Waals surface area contributed by atoms with E-state index in [4.69, 9.17) is 24.9 Å². The summed E-state index contributed by atoms with van der Waals surface area (Å²) in [5.74, 6) is 0. The Balaban J connectivity index is 4.06. The van der Waals surface area contributed by atoms with Gasteiger partial charge in [-0.3, -0.25) is 0 Å². The minimum Gasteiger partial charge on any atom is -0.377 e. The minimum absolute atomic E-state index is 0.0851. The molecule has 66 valence electrons. The van der Waals surface area contributed by atoms with Gasteiger partial charge in [0.25, 0.3) is 0 Å². The van der Waals surface area contributed by atoms with E-state index in [0.29, 0.717) is 6.04 Å². The van der Waals surface area contributed by atoms with Crippen LogP contribution in [0.4, 0.5) is 0 Å². The molecular weight excluding hydrogens is 184 g/mol. The van der Waals surface area contributed by atoms with Crippen LogP contribution in [0.2, 0.25) is 6.04 Å². The summed E-state index contributed by atoms with van der Waals surface area (Å²) in [5, 5.41) is 0. The highest BCUT2D eigenvalue weighted by atomic mass is 35.5. The third-order valence-electron chi connectivity index (χ3n) is 1.29. The molecule has 0 bridgehead atoms. The largest absolute Gasteiger partial charge is 0.505 e. The first-order valence-corrected chi connectivity index (χ1v) is 5.62. The third-order valence-corrected chi connectivity index (χ3v) is 4.20. The Morgan fingerprint density at radius 2 is 2.00 bits per heavy atom. The Bertz CT molecular complexity index is 116. The van der Waals surface area contributed by atoms with Crippen molar-refractivity contribution in [3.05, 3.63) is 12.7 Å². The molecule has 0 aromatic rings. The van der Waals surface area contributed by atoms with E-state index in [2.05, 4.69) is 6.58 Å². The average Bonchev–Trinajstić information content (AvgIpc) is 2.04. The smallest absolute Gasteiger partial charge is 0.377 e. The summed E-state index contributed by atoms with van der Waals surface area (Å²) in [6.07, 6.45) is 1.70. The SMILES string of the molecule is C=CC[Si](OC)(OC)OCCl. The van der Waals surface area contributed by atoms with Gasteiger partial charge in [0, 0.05) is 20.3 Å². The van der Waals surface area contributed by atoms with E-state index in [-0.39, 0.29) is 6.07 Å². The van der Waals surface area contributed by atoms with E-state index >= 15 is 0 Å². The van der Waals surface area contributed by atoms with Gasteiger partial charge in [-0.2, -0.15) is 0 Å². The normalized spacial score (nSPS) is 11.5. The summed E-state index contributed by atoms with van der Waals surface area (Å²) in [5.41, 5.74) is 0. The first-order valence-electron chi connectivity index (χ1n) is 3.15. The fraction of sp³-hybridized carbons (Fsp3) is 0.667. The first kappa shape index (κ1) is 11.1. The molecule has 0 saturated carbocycles.